The molecule has 0 atom stereocenters. The third-order valence-electron chi connectivity index (χ3n) is 3.58. The molecule has 1 aliphatic heterocycles. The number of carbonyl (C=O) groups is 1. The molecule has 1 amide bonds. The molecule has 0 aromatic carbocycles. The van der Waals surface area contributed by atoms with Gasteiger partial charge in [-0.25, -0.2) is 14.3 Å². The van der Waals surface area contributed by atoms with Crippen LogP contribution in [0.4, 0.5) is 10.6 Å². The Hall–Kier alpha value is -1.83. The van der Waals surface area contributed by atoms with Gasteiger partial charge in [-0.15, -0.1) is 5.10 Å². The Morgan fingerprint density at radius 2 is 1.92 bits per heavy atom. The average Bonchev–Trinajstić information content (AvgIpc) is 2.95. The molecule has 0 aliphatic carbocycles. The molecule has 2 aromatic rings. The van der Waals surface area contributed by atoms with Crippen LogP contribution in [0.5, 0.6) is 0 Å². The molecule has 1 fully saturated rings. The van der Waals surface area contributed by atoms with Gasteiger partial charge in [0.1, 0.15) is 16.0 Å². The summed E-state index contributed by atoms with van der Waals surface area (Å²) in [6.45, 7) is 7.41. The predicted octanol–water partition coefficient (Wildman–Crippen LogP) is 3.94. The molecule has 8 heteroatoms. The van der Waals surface area contributed by atoms with Crippen molar-refractivity contribution in [1.29, 1.82) is 0 Å². The van der Waals surface area contributed by atoms with E-state index in [0.717, 1.165) is 42.0 Å². The monoisotopic (exact) mass is 411 g/mol. The molecular formula is C17H26BrN5O2. The predicted molar refractivity (Wildman–Crippen MR) is 102 cm³/mol. The molecule has 3 heterocycles. The Balaban J connectivity index is 0.000000181. The molecule has 1 aliphatic rings. The zero-order chi connectivity index (χ0) is 18.4. The van der Waals surface area contributed by atoms with Gasteiger partial charge in [0.25, 0.3) is 0 Å². The highest BCUT2D eigenvalue weighted by atomic mass is 79.9. The lowest BCUT2D eigenvalue weighted by Gasteiger charge is -2.29. The summed E-state index contributed by atoms with van der Waals surface area (Å²) < 4.78 is 7.85. The van der Waals surface area contributed by atoms with Gasteiger partial charge in [-0.1, -0.05) is 0 Å². The molecule has 1 saturated heterocycles. The zero-order valence-corrected chi connectivity index (χ0v) is 16.8. The maximum atomic E-state index is 11.5. The highest BCUT2D eigenvalue weighted by Gasteiger charge is 2.22. The van der Waals surface area contributed by atoms with Gasteiger partial charge in [-0.2, -0.15) is 0 Å². The van der Waals surface area contributed by atoms with E-state index in [0.29, 0.717) is 0 Å². The molecule has 25 heavy (non-hydrogen) atoms. The first-order valence-electron chi connectivity index (χ1n) is 8.46. The topological polar surface area (TPSA) is 71.8 Å². The number of piperidine rings is 1. The Bertz CT molecular complexity index is 705. The minimum absolute atomic E-state index is 0.160. The van der Waals surface area contributed by atoms with Gasteiger partial charge in [-0.3, -0.25) is 0 Å². The summed E-state index contributed by atoms with van der Waals surface area (Å²) >= 11 is 3.34. The molecule has 0 spiro atoms. The molecule has 138 valence electrons. The second kappa shape index (κ2) is 8.51. The molecular weight excluding hydrogens is 386 g/mol. The van der Waals surface area contributed by atoms with Crippen molar-refractivity contribution in [3.8, 4) is 0 Å². The summed E-state index contributed by atoms with van der Waals surface area (Å²) in [6, 6.07) is 3.79. The number of fused-ring (bicyclic) bond motifs is 1. The van der Waals surface area contributed by atoms with Crippen molar-refractivity contribution < 1.29 is 9.53 Å². The standard InChI is InChI=1S/C10H19NO2.C7H7BrN4/c1-10(2,3)13-9(12)11-7-5-4-6-8-11;1-9-6-2-3-7-10-4-5(8)12(7)11-6/h4-8H2,1-3H3;2-4H,1H3,(H,9,11). The fourth-order valence-electron chi connectivity index (χ4n) is 2.38. The number of aromatic nitrogens is 3. The molecule has 0 saturated carbocycles. The fraction of sp³-hybridized carbons (Fsp3) is 0.588. The van der Waals surface area contributed by atoms with Crippen molar-refractivity contribution >= 4 is 33.5 Å². The molecule has 3 rings (SSSR count). The first-order chi connectivity index (χ1) is 11.8. The van der Waals surface area contributed by atoms with E-state index in [1.165, 1.54) is 6.42 Å². The molecule has 0 bridgehead atoms. The van der Waals surface area contributed by atoms with Crippen molar-refractivity contribution in [3.05, 3.63) is 22.9 Å². The maximum Gasteiger partial charge on any atom is 0.410 e. The minimum atomic E-state index is -0.367. The van der Waals surface area contributed by atoms with Crippen LogP contribution in [0.3, 0.4) is 0 Å². The van der Waals surface area contributed by atoms with Gasteiger partial charge in [-0.05, 0) is 68.1 Å². The number of halogens is 1. The maximum absolute atomic E-state index is 11.5. The van der Waals surface area contributed by atoms with E-state index >= 15 is 0 Å². The van der Waals surface area contributed by atoms with Crippen LogP contribution < -0.4 is 5.32 Å². The van der Waals surface area contributed by atoms with Crippen LogP contribution >= 0.6 is 15.9 Å². The molecule has 0 unspecified atom stereocenters. The largest absolute Gasteiger partial charge is 0.444 e. The summed E-state index contributed by atoms with van der Waals surface area (Å²) in [5.74, 6) is 0.821. The van der Waals surface area contributed by atoms with Crippen molar-refractivity contribution in [2.24, 2.45) is 0 Å². The lowest BCUT2D eigenvalue weighted by atomic mass is 10.1. The second-order valence-electron chi connectivity index (χ2n) is 6.85. The van der Waals surface area contributed by atoms with Crippen LogP contribution in [0, 0.1) is 0 Å². The van der Waals surface area contributed by atoms with Crippen molar-refractivity contribution in [1.82, 2.24) is 19.5 Å². The Morgan fingerprint density at radius 3 is 2.52 bits per heavy atom. The first kappa shape index (κ1) is 19.5. The van der Waals surface area contributed by atoms with E-state index in [-0.39, 0.29) is 11.7 Å². The van der Waals surface area contributed by atoms with Crippen LogP contribution in [-0.4, -0.2) is 51.3 Å². The van der Waals surface area contributed by atoms with Crippen LogP contribution in [0.2, 0.25) is 0 Å². The van der Waals surface area contributed by atoms with Gasteiger partial charge in [0.2, 0.25) is 0 Å². The molecule has 7 nitrogen and oxygen atoms in total. The van der Waals surface area contributed by atoms with Crippen molar-refractivity contribution in [3.63, 3.8) is 0 Å². The second-order valence-corrected chi connectivity index (χ2v) is 7.66. The number of hydrogen-bond acceptors (Lipinski definition) is 5. The van der Waals surface area contributed by atoms with Crippen LogP contribution in [0.25, 0.3) is 5.65 Å². The summed E-state index contributed by atoms with van der Waals surface area (Å²) in [4.78, 5) is 17.4. The number of nitrogens with zero attached hydrogens (tertiary/aromatic N) is 4. The highest BCUT2D eigenvalue weighted by Crippen LogP contribution is 2.14. The summed E-state index contributed by atoms with van der Waals surface area (Å²) in [5.41, 5.74) is 0.468. The third-order valence-corrected chi connectivity index (χ3v) is 4.13. The molecule has 1 N–H and O–H groups in total. The number of anilines is 1. The van der Waals surface area contributed by atoms with Crippen molar-refractivity contribution in [2.75, 3.05) is 25.5 Å². The smallest absolute Gasteiger partial charge is 0.410 e. The Labute approximate surface area is 156 Å². The van der Waals surface area contributed by atoms with Crippen LogP contribution in [-0.2, 0) is 4.74 Å². The van der Waals surface area contributed by atoms with Crippen LogP contribution in [0.15, 0.2) is 22.9 Å². The van der Waals surface area contributed by atoms with Gasteiger partial charge in [0, 0.05) is 20.1 Å². The minimum Gasteiger partial charge on any atom is -0.444 e. The lowest BCUT2D eigenvalue weighted by molar-refractivity contribution is 0.0216. The molecule has 0 radical (unpaired) electrons. The molecule has 2 aromatic heterocycles. The number of rotatable bonds is 1. The average molecular weight is 412 g/mol. The van der Waals surface area contributed by atoms with Gasteiger partial charge in [0.05, 0.1) is 6.20 Å². The third kappa shape index (κ3) is 5.88. The van der Waals surface area contributed by atoms with Gasteiger partial charge >= 0.3 is 6.09 Å². The quantitative estimate of drug-likeness (QED) is 0.768. The normalized spacial score (nSPS) is 14.7. The first-order valence-corrected chi connectivity index (χ1v) is 9.25. The Morgan fingerprint density at radius 1 is 1.24 bits per heavy atom. The van der Waals surface area contributed by atoms with E-state index in [1.807, 2.05) is 40.0 Å². The van der Waals surface area contributed by atoms with E-state index in [9.17, 15) is 4.79 Å². The summed E-state index contributed by atoms with van der Waals surface area (Å²) in [7, 11) is 1.83. The number of nitrogens with one attached hydrogen (secondary N) is 1. The van der Waals surface area contributed by atoms with Gasteiger partial charge in [0.15, 0.2) is 5.65 Å². The summed E-state index contributed by atoms with van der Waals surface area (Å²) in [5, 5.41) is 7.20. The fourth-order valence-corrected chi connectivity index (χ4v) is 2.75. The number of ether oxygens (including phenoxy) is 1. The SMILES string of the molecule is CC(C)(C)OC(=O)N1CCCCC1.CNc1ccc2ncc(Br)n2n1. The van der Waals surface area contributed by atoms with E-state index in [4.69, 9.17) is 4.74 Å². The summed E-state index contributed by atoms with van der Waals surface area (Å²) in [6.07, 6.45) is 5.02. The van der Waals surface area contributed by atoms with E-state index in [1.54, 1.807) is 15.6 Å². The van der Waals surface area contributed by atoms with E-state index < -0.39 is 0 Å². The number of carbonyl (C=O) groups excluding carboxylic acids is 1. The zero-order valence-electron chi connectivity index (χ0n) is 15.3. The van der Waals surface area contributed by atoms with E-state index in [2.05, 4.69) is 31.3 Å². The number of likely N-dealkylation sites (tertiary alicyclic amines) is 1. The van der Waals surface area contributed by atoms with Gasteiger partial charge < -0.3 is 15.0 Å². The number of imidazole rings is 1. The lowest BCUT2D eigenvalue weighted by Crippen LogP contribution is -2.39. The number of amides is 1. The Kier molecular flexibility index (Phi) is 6.64. The van der Waals surface area contributed by atoms with Crippen molar-refractivity contribution in [2.45, 2.75) is 45.6 Å². The highest BCUT2D eigenvalue weighted by molar-refractivity contribution is 9.10. The van der Waals surface area contributed by atoms with Crippen LogP contribution in [0.1, 0.15) is 40.0 Å². The number of hydrogen-bond donors (Lipinski definition) is 1.